The standard InChI is InChI=1S/C17H25N5O3S/c1-13(2)16(21-8-10-25-11-9-21)17-18-19-20-22(17)12-26(23,24)15-6-4-14(3)5-7-15/h4-7,13,16H,8-12H2,1-3H3/p+1/t16-/m1/s1. The summed E-state index contributed by atoms with van der Waals surface area (Å²) >= 11 is 0. The van der Waals surface area contributed by atoms with Crippen molar-refractivity contribution in [1.29, 1.82) is 0 Å². The van der Waals surface area contributed by atoms with Gasteiger partial charge in [-0.1, -0.05) is 31.5 Å². The van der Waals surface area contributed by atoms with Crippen LogP contribution in [-0.2, 0) is 20.5 Å². The lowest BCUT2D eigenvalue weighted by molar-refractivity contribution is -0.943. The van der Waals surface area contributed by atoms with Gasteiger partial charge in [0, 0.05) is 5.92 Å². The second kappa shape index (κ2) is 7.81. The van der Waals surface area contributed by atoms with Crippen molar-refractivity contribution >= 4 is 9.84 Å². The number of aromatic nitrogens is 4. The Kier molecular flexibility index (Phi) is 5.69. The van der Waals surface area contributed by atoms with Crippen LogP contribution >= 0.6 is 0 Å². The van der Waals surface area contributed by atoms with Crippen LogP contribution in [0, 0.1) is 12.8 Å². The van der Waals surface area contributed by atoms with Crippen LogP contribution in [0.3, 0.4) is 0 Å². The lowest BCUT2D eigenvalue weighted by Gasteiger charge is -2.32. The summed E-state index contributed by atoms with van der Waals surface area (Å²) in [5.74, 6) is 0.633. The van der Waals surface area contributed by atoms with E-state index < -0.39 is 9.84 Å². The minimum atomic E-state index is -3.53. The number of aryl methyl sites for hydroxylation is 1. The average molecular weight is 380 g/mol. The van der Waals surface area contributed by atoms with Gasteiger partial charge in [0.2, 0.25) is 5.82 Å². The number of hydrogen-bond donors (Lipinski definition) is 1. The Morgan fingerprint density at radius 1 is 1.19 bits per heavy atom. The van der Waals surface area contributed by atoms with Crippen LogP contribution in [0.5, 0.6) is 0 Å². The molecule has 9 heteroatoms. The van der Waals surface area contributed by atoms with Crippen molar-refractivity contribution in [2.75, 3.05) is 26.3 Å². The Hall–Kier alpha value is -1.84. The first-order chi connectivity index (χ1) is 12.4. The summed E-state index contributed by atoms with van der Waals surface area (Å²) in [6.45, 7) is 9.26. The second-order valence-corrected chi connectivity index (χ2v) is 9.04. The first-order valence-corrected chi connectivity index (χ1v) is 10.5. The summed E-state index contributed by atoms with van der Waals surface area (Å²) < 4.78 is 32.5. The van der Waals surface area contributed by atoms with Crippen LogP contribution in [0.15, 0.2) is 29.2 Å². The summed E-state index contributed by atoms with van der Waals surface area (Å²) in [6, 6.07) is 6.87. The summed E-state index contributed by atoms with van der Waals surface area (Å²) in [5, 5.41) is 11.9. The van der Waals surface area contributed by atoms with Crippen LogP contribution in [-0.4, -0.2) is 54.9 Å². The first kappa shape index (κ1) is 18.9. The summed E-state index contributed by atoms with van der Waals surface area (Å²) in [6.07, 6.45) is 0. The number of ether oxygens (including phenoxy) is 1. The fourth-order valence-corrected chi connectivity index (χ4v) is 4.61. The minimum Gasteiger partial charge on any atom is -0.370 e. The first-order valence-electron chi connectivity index (χ1n) is 8.86. The van der Waals surface area contributed by atoms with Crippen molar-refractivity contribution < 1.29 is 18.1 Å². The average Bonchev–Trinajstić information content (AvgIpc) is 3.03. The third-order valence-corrected chi connectivity index (χ3v) is 6.33. The number of benzene rings is 1. The van der Waals surface area contributed by atoms with Crippen LogP contribution in [0.2, 0.25) is 0 Å². The lowest BCUT2D eigenvalue weighted by Crippen LogP contribution is -3.15. The van der Waals surface area contributed by atoms with Crippen molar-refractivity contribution in [2.45, 2.75) is 37.6 Å². The van der Waals surface area contributed by atoms with E-state index in [1.807, 2.05) is 6.92 Å². The summed E-state index contributed by atoms with van der Waals surface area (Å²) in [4.78, 5) is 1.61. The third kappa shape index (κ3) is 4.11. The highest BCUT2D eigenvalue weighted by atomic mass is 32.2. The number of sulfone groups is 1. The van der Waals surface area contributed by atoms with Gasteiger partial charge >= 0.3 is 0 Å². The number of morpholine rings is 1. The van der Waals surface area contributed by atoms with Gasteiger partial charge in [-0.3, -0.25) is 0 Å². The third-order valence-electron chi connectivity index (χ3n) is 4.75. The molecule has 1 aliphatic heterocycles. The number of rotatable bonds is 6. The molecule has 8 nitrogen and oxygen atoms in total. The molecule has 2 aromatic rings. The minimum absolute atomic E-state index is 0.0297. The van der Waals surface area contributed by atoms with Gasteiger partial charge in [-0.05, 0) is 29.5 Å². The van der Waals surface area contributed by atoms with Gasteiger partial charge in [-0.25, -0.2) is 13.1 Å². The zero-order chi connectivity index (χ0) is 18.7. The summed E-state index contributed by atoms with van der Waals surface area (Å²) in [5.41, 5.74) is 1.02. The molecular weight excluding hydrogens is 354 g/mol. The highest BCUT2D eigenvalue weighted by molar-refractivity contribution is 7.90. The van der Waals surface area contributed by atoms with E-state index in [1.54, 1.807) is 24.3 Å². The van der Waals surface area contributed by atoms with Gasteiger partial charge in [-0.2, -0.15) is 0 Å². The molecular formula is C17H26N5O3S+. The highest BCUT2D eigenvalue weighted by Crippen LogP contribution is 2.19. The molecule has 142 valence electrons. The largest absolute Gasteiger partial charge is 0.370 e. The number of nitrogens with one attached hydrogen (secondary N) is 1. The second-order valence-electron chi connectivity index (χ2n) is 7.09. The van der Waals surface area contributed by atoms with Gasteiger partial charge in [-0.15, -0.1) is 5.10 Å². The van der Waals surface area contributed by atoms with E-state index >= 15 is 0 Å². The normalized spacial score (nSPS) is 17.5. The molecule has 0 amide bonds. The highest BCUT2D eigenvalue weighted by Gasteiger charge is 2.34. The predicted molar refractivity (Wildman–Crippen MR) is 95.3 cm³/mol. The monoisotopic (exact) mass is 380 g/mol. The van der Waals surface area contributed by atoms with Crippen molar-refractivity contribution in [2.24, 2.45) is 5.92 Å². The van der Waals surface area contributed by atoms with E-state index in [-0.39, 0.29) is 22.7 Å². The quantitative estimate of drug-likeness (QED) is 0.760. The fourth-order valence-electron chi connectivity index (χ4n) is 3.40. The van der Waals surface area contributed by atoms with Gasteiger partial charge < -0.3 is 9.64 Å². The maximum Gasteiger partial charge on any atom is 0.210 e. The fraction of sp³-hybridized carbons (Fsp3) is 0.588. The van der Waals surface area contributed by atoms with E-state index in [0.717, 1.165) is 18.7 Å². The molecule has 0 aliphatic carbocycles. The van der Waals surface area contributed by atoms with E-state index in [2.05, 4.69) is 29.4 Å². The maximum atomic E-state index is 12.8. The number of quaternary nitrogens is 1. The Labute approximate surface area is 154 Å². The van der Waals surface area contributed by atoms with Crippen LogP contribution in [0.4, 0.5) is 0 Å². The van der Waals surface area contributed by atoms with E-state index in [0.29, 0.717) is 19.0 Å². The molecule has 0 radical (unpaired) electrons. The zero-order valence-corrected chi connectivity index (χ0v) is 16.2. The predicted octanol–water partition coefficient (Wildman–Crippen LogP) is 0.0251. The molecule has 0 unspecified atom stereocenters. The van der Waals surface area contributed by atoms with E-state index in [4.69, 9.17) is 4.74 Å². The van der Waals surface area contributed by atoms with Gasteiger partial charge in [0.15, 0.2) is 21.8 Å². The Morgan fingerprint density at radius 2 is 1.85 bits per heavy atom. The molecule has 3 rings (SSSR count). The number of nitrogens with zero attached hydrogens (tertiary/aromatic N) is 4. The van der Waals surface area contributed by atoms with E-state index in [9.17, 15) is 8.42 Å². The molecule has 0 bridgehead atoms. The summed E-state index contributed by atoms with van der Waals surface area (Å²) in [7, 11) is -3.53. The molecule has 2 heterocycles. The zero-order valence-electron chi connectivity index (χ0n) is 15.4. The number of tetrazole rings is 1. The Balaban J connectivity index is 1.88. The van der Waals surface area contributed by atoms with Gasteiger partial charge in [0.25, 0.3) is 0 Å². The molecule has 1 atom stereocenters. The topological polar surface area (TPSA) is 91.4 Å². The van der Waals surface area contributed by atoms with Crippen molar-refractivity contribution in [3.05, 3.63) is 35.7 Å². The Bertz CT molecular complexity index is 826. The molecule has 1 fully saturated rings. The maximum absolute atomic E-state index is 12.8. The van der Waals surface area contributed by atoms with Crippen molar-refractivity contribution in [3.8, 4) is 0 Å². The molecule has 1 aromatic heterocycles. The molecule has 1 saturated heterocycles. The van der Waals surface area contributed by atoms with Gasteiger partial charge in [0.1, 0.15) is 13.1 Å². The smallest absolute Gasteiger partial charge is 0.210 e. The van der Waals surface area contributed by atoms with Gasteiger partial charge in [0.05, 0.1) is 18.1 Å². The van der Waals surface area contributed by atoms with Crippen LogP contribution in [0.1, 0.15) is 31.3 Å². The SMILES string of the molecule is Cc1ccc(S(=O)(=O)Cn2nnnc2[C@@H](C(C)C)[NH+]2CCOCC2)cc1. The van der Waals surface area contributed by atoms with E-state index in [1.165, 1.54) is 9.58 Å². The molecule has 0 saturated carbocycles. The molecule has 26 heavy (non-hydrogen) atoms. The molecule has 1 N–H and O–H groups in total. The molecule has 1 aromatic carbocycles. The lowest BCUT2D eigenvalue weighted by atomic mass is 10.0. The van der Waals surface area contributed by atoms with Crippen LogP contribution < -0.4 is 4.90 Å². The van der Waals surface area contributed by atoms with Crippen LogP contribution in [0.25, 0.3) is 0 Å². The molecule has 1 aliphatic rings. The number of hydrogen-bond acceptors (Lipinski definition) is 6. The van der Waals surface area contributed by atoms with Crippen molar-refractivity contribution in [3.63, 3.8) is 0 Å². The molecule has 0 spiro atoms. The Morgan fingerprint density at radius 3 is 2.46 bits per heavy atom. The van der Waals surface area contributed by atoms with Crippen molar-refractivity contribution in [1.82, 2.24) is 20.2 Å².